The van der Waals surface area contributed by atoms with Crippen LogP contribution in [0.2, 0.25) is 0 Å². The largest absolute Gasteiger partial charge is 3.00 e. The van der Waals surface area contributed by atoms with Crippen LogP contribution in [0.3, 0.4) is 0 Å². The van der Waals surface area contributed by atoms with Crippen LogP contribution in [0.25, 0.3) is 0 Å². The minimum Gasteiger partial charge on any atom is -2.00 e. The van der Waals surface area contributed by atoms with Gasteiger partial charge in [-0.05, 0) is 0 Å². The van der Waals surface area contributed by atoms with Crippen LogP contribution in [-0.4, -0.2) is 26.2 Å². The molecule has 0 fully saturated rings. The topological polar surface area (TPSA) is 114 Å². The van der Waals surface area contributed by atoms with Crippen molar-refractivity contribution in [2.24, 2.45) is 0 Å². The summed E-state index contributed by atoms with van der Waals surface area (Å²) in [4.78, 5) is 0. The van der Waals surface area contributed by atoms with E-state index in [0.717, 1.165) is 0 Å². The van der Waals surface area contributed by atoms with E-state index in [4.69, 9.17) is 0 Å². The maximum absolute atomic E-state index is 0. The van der Waals surface area contributed by atoms with Crippen molar-refractivity contribution in [1.29, 1.82) is 0 Å². The molecule has 0 saturated heterocycles. The van der Waals surface area contributed by atoms with Crippen molar-refractivity contribution in [3.63, 3.8) is 0 Å². The molecule has 0 aromatic carbocycles. The van der Waals surface area contributed by atoms with Gasteiger partial charge in [0.25, 0.3) is 0 Å². The first kappa shape index (κ1) is 172. The zero-order chi connectivity index (χ0) is 0. The number of hydrogen-bond acceptors (Lipinski definition) is 0. The Bertz CT molecular complexity index is 11.7. The molecule has 46 valence electrons. The molecule has 0 bridgehead atoms. The van der Waals surface area contributed by atoms with Gasteiger partial charge in [0.05, 0.1) is 0 Å². The fourth-order valence-corrected chi connectivity index (χ4v) is 0. The monoisotopic (exact) mass is 388 g/mol. The summed E-state index contributed by atoms with van der Waals surface area (Å²) in [5.41, 5.74) is 0. The Morgan fingerprint density at radius 3 is 0.571 bits per heavy atom. The van der Waals surface area contributed by atoms with Gasteiger partial charge >= 0.3 is 60.1 Å². The van der Waals surface area contributed by atoms with E-state index in [1.54, 1.807) is 0 Å². The summed E-state index contributed by atoms with van der Waals surface area (Å²) in [6.07, 6.45) is 0. The third-order valence-corrected chi connectivity index (χ3v) is 0. The standard InChI is InChI=1S/Bi.Co.Fe.4O/q+3;+2;+3;4*-2. The molecule has 0 atom stereocenters. The fourth-order valence-electron chi connectivity index (χ4n) is 0. The van der Waals surface area contributed by atoms with E-state index in [0.29, 0.717) is 0 Å². The Labute approximate surface area is 81.5 Å². The van der Waals surface area contributed by atoms with Crippen LogP contribution in [-0.2, 0) is 55.8 Å². The first-order valence-corrected chi connectivity index (χ1v) is 0. The minimum absolute atomic E-state index is 0. The second kappa shape index (κ2) is 115. The fraction of sp³-hybridized carbons (Fsp3) is 0. The molecule has 0 aromatic rings. The van der Waals surface area contributed by atoms with Gasteiger partial charge < -0.3 is 21.9 Å². The van der Waals surface area contributed by atoms with Gasteiger partial charge in [-0.15, -0.1) is 0 Å². The van der Waals surface area contributed by atoms with E-state index in [1.165, 1.54) is 0 Å². The van der Waals surface area contributed by atoms with Crippen LogP contribution in [0.15, 0.2) is 0 Å². The predicted octanol–water partition coefficient (Wildman–Crippen LogP) is -0.861. The van der Waals surface area contributed by atoms with Crippen molar-refractivity contribution < 1.29 is 55.8 Å². The average molecular weight is 388 g/mol. The zero-order valence-electron chi connectivity index (χ0n) is 2.77. The molecular weight excluding hydrogens is 388 g/mol. The van der Waals surface area contributed by atoms with E-state index in [-0.39, 0.29) is 82.0 Å². The molecule has 0 aliphatic heterocycles. The second-order valence-electron chi connectivity index (χ2n) is 0. The smallest absolute Gasteiger partial charge is 2.00 e. The summed E-state index contributed by atoms with van der Waals surface area (Å²) >= 11 is 0. The summed E-state index contributed by atoms with van der Waals surface area (Å²) in [6, 6.07) is 0. The Balaban J connectivity index is 0. The first-order chi connectivity index (χ1) is 0. The van der Waals surface area contributed by atoms with Crippen molar-refractivity contribution in [3.8, 4) is 0 Å². The van der Waals surface area contributed by atoms with E-state index >= 15 is 0 Å². The van der Waals surface area contributed by atoms with Gasteiger partial charge in [0.15, 0.2) is 0 Å². The molecule has 0 aliphatic carbocycles. The van der Waals surface area contributed by atoms with Gasteiger partial charge in [0.2, 0.25) is 0 Å². The van der Waals surface area contributed by atoms with Crippen molar-refractivity contribution >= 4 is 26.2 Å². The first-order valence-electron chi connectivity index (χ1n) is 0. The molecule has 4 radical (unpaired) electrons. The van der Waals surface area contributed by atoms with Gasteiger partial charge in [-0.25, -0.2) is 0 Å². The zero-order valence-corrected chi connectivity index (χ0v) is 8.39. The van der Waals surface area contributed by atoms with E-state index in [9.17, 15) is 0 Å². The van der Waals surface area contributed by atoms with E-state index < -0.39 is 0 Å². The summed E-state index contributed by atoms with van der Waals surface area (Å²) in [6.45, 7) is 0. The molecule has 0 rings (SSSR count). The van der Waals surface area contributed by atoms with Crippen LogP contribution in [0.1, 0.15) is 0 Å². The van der Waals surface area contributed by atoms with Crippen LogP contribution in [0.4, 0.5) is 0 Å². The quantitative estimate of drug-likeness (QED) is 0.481. The average Bonchev–Trinajstić information content (AvgIpc) is 0. The molecule has 0 aromatic heterocycles. The summed E-state index contributed by atoms with van der Waals surface area (Å²) < 4.78 is 0. The Hall–Kier alpha value is 1.75. The number of rotatable bonds is 0. The molecule has 0 spiro atoms. The van der Waals surface area contributed by atoms with Gasteiger partial charge in [0, 0.05) is 0 Å². The molecular formula is BiCoFeO4. The van der Waals surface area contributed by atoms with E-state index in [2.05, 4.69) is 0 Å². The second-order valence-corrected chi connectivity index (χ2v) is 0. The van der Waals surface area contributed by atoms with Crippen LogP contribution >= 0.6 is 0 Å². The Morgan fingerprint density at radius 2 is 0.571 bits per heavy atom. The maximum atomic E-state index is 0. The predicted molar refractivity (Wildman–Crippen MR) is 8.50 cm³/mol. The summed E-state index contributed by atoms with van der Waals surface area (Å²) in [7, 11) is 0. The molecule has 0 amide bonds. The molecule has 7 heavy (non-hydrogen) atoms. The Morgan fingerprint density at radius 1 is 0.571 bits per heavy atom. The number of hydrogen-bond donors (Lipinski definition) is 0. The van der Waals surface area contributed by atoms with E-state index in [1.807, 2.05) is 0 Å². The normalized spacial score (nSPS) is 0. The van der Waals surface area contributed by atoms with Gasteiger partial charge in [0.1, 0.15) is 0 Å². The summed E-state index contributed by atoms with van der Waals surface area (Å²) in [5, 5.41) is 0. The third kappa shape index (κ3) is 83.7. The SMILES string of the molecule is [Bi+3].[Co+2].[Fe+3].[O-2].[O-2].[O-2].[O-2]. The molecule has 0 aliphatic rings. The van der Waals surface area contributed by atoms with Gasteiger partial charge in [-0.3, -0.25) is 0 Å². The van der Waals surface area contributed by atoms with Crippen LogP contribution in [0, 0.1) is 0 Å². The van der Waals surface area contributed by atoms with Crippen molar-refractivity contribution in [1.82, 2.24) is 0 Å². The van der Waals surface area contributed by atoms with Crippen molar-refractivity contribution in [2.45, 2.75) is 0 Å². The van der Waals surface area contributed by atoms with Crippen LogP contribution < -0.4 is 0 Å². The third-order valence-electron chi connectivity index (χ3n) is 0. The van der Waals surface area contributed by atoms with Gasteiger partial charge in [-0.2, -0.15) is 0 Å². The van der Waals surface area contributed by atoms with Crippen molar-refractivity contribution in [2.75, 3.05) is 0 Å². The molecule has 0 saturated carbocycles. The molecule has 0 N–H and O–H groups in total. The maximum Gasteiger partial charge on any atom is 3.00 e. The minimum atomic E-state index is 0. The van der Waals surface area contributed by atoms with Gasteiger partial charge in [-0.1, -0.05) is 0 Å². The molecule has 4 nitrogen and oxygen atoms in total. The van der Waals surface area contributed by atoms with Crippen molar-refractivity contribution in [3.05, 3.63) is 0 Å². The molecule has 7 heteroatoms. The summed E-state index contributed by atoms with van der Waals surface area (Å²) in [5.74, 6) is 0. The molecule has 0 heterocycles. The van der Waals surface area contributed by atoms with Crippen LogP contribution in [0.5, 0.6) is 0 Å². The molecule has 0 unspecified atom stereocenters. The Kier molecular flexibility index (Phi) is 2830.